The number of nitriles is 1. The highest BCUT2D eigenvalue weighted by Gasteiger charge is 2.30. The quantitative estimate of drug-likeness (QED) is 0.561. The number of benzene rings is 3. The molecule has 0 unspecified atom stereocenters. The van der Waals surface area contributed by atoms with Crippen molar-refractivity contribution in [1.29, 1.82) is 5.26 Å². The molecule has 152 valence electrons. The molecule has 1 amide bonds. The highest BCUT2D eigenvalue weighted by Crippen LogP contribution is 2.33. The second-order valence-electron chi connectivity index (χ2n) is 7.31. The summed E-state index contributed by atoms with van der Waals surface area (Å²) in [7, 11) is 0. The van der Waals surface area contributed by atoms with E-state index in [2.05, 4.69) is 6.07 Å². The molecular weight excluding hydrogens is 390 g/mol. The smallest absolute Gasteiger partial charge is 0.247 e. The molecule has 1 aromatic heterocycles. The van der Waals surface area contributed by atoms with E-state index in [9.17, 15) is 10.1 Å². The van der Waals surface area contributed by atoms with E-state index in [0.29, 0.717) is 28.4 Å². The first-order chi connectivity index (χ1) is 15.2. The molecule has 1 aliphatic rings. The summed E-state index contributed by atoms with van der Waals surface area (Å²) in [5, 5.41) is 15.3. The third-order valence-corrected chi connectivity index (χ3v) is 5.38. The van der Waals surface area contributed by atoms with Crippen molar-refractivity contribution in [1.82, 2.24) is 9.78 Å². The molecule has 0 saturated carbocycles. The second-order valence-corrected chi connectivity index (χ2v) is 7.31. The van der Waals surface area contributed by atoms with Crippen molar-refractivity contribution < 1.29 is 9.53 Å². The Morgan fingerprint density at radius 2 is 1.74 bits per heavy atom. The summed E-state index contributed by atoms with van der Waals surface area (Å²) in [6.45, 7) is 0.353. The summed E-state index contributed by atoms with van der Waals surface area (Å²) in [5.41, 5.74) is 9.51. The molecule has 1 aliphatic heterocycles. The van der Waals surface area contributed by atoms with Gasteiger partial charge in [-0.3, -0.25) is 4.79 Å². The van der Waals surface area contributed by atoms with Gasteiger partial charge < -0.3 is 15.4 Å². The number of rotatable bonds is 3. The van der Waals surface area contributed by atoms with Gasteiger partial charge in [0.2, 0.25) is 5.91 Å². The Labute approximate surface area is 178 Å². The molecule has 4 aromatic rings. The van der Waals surface area contributed by atoms with E-state index in [1.54, 1.807) is 15.6 Å². The lowest BCUT2D eigenvalue weighted by atomic mass is 10.1. The number of hydrogen-bond donors (Lipinski definition) is 1. The molecule has 0 aliphatic carbocycles. The monoisotopic (exact) mass is 409 g/mol. The van der Waals surface area contributed by atoms with Crippen LogP contribution >= 0.6 is 0 Å². The Morgan fingerprint density at radius 1 is 1.03 bits per heavy atom. The summed E-state index contributed by atoms with van der Waals surface area (Å²) in [6.07, 6.45) is 0. The Hall–Kier alpha value is -4.15. The minimum Gasteiger partial charge on any atom is -0.489 e. The SMILES string of the molecule is N#Cc1ccccc1-n1nc(CN2C(=O)[C@@H](N)COc3ccccc32)c2ccccc21. The third kappa shape index (κ3) is 3.19. The summed E-state index contributed by atoms with van der Waals surface area (Å²) < 4.78 is 7.50. The van der Waals surface area contributed by atoms with Gasteiger partial charge in [0.25, 0.3) is 0 Å². The second kappa shape index (κ2) is 7.59. The molecule has 2 heterocycles. The number of nitrogens with zero attached hydrogens (tertiary/aromatic N) is 4. The zero-order valence-corrected chi connectivity index (χ0v) is 16.6. The topological polar surface area (TPSA) is 97.2 Å². The first kappa shape index (κ1) is 18.9. The molecule has 31 heavy (non-hydrogen) atoms. The number of nitrogens with two attached hydrogens (primary N) is 1. The van der Waals surface area contributed by atoms with E-state index in [1.807, 2.05) is 66.7 Å². The van der Waals surface area contributed by atoms with Crippen molar-refractivity contribution in [2.75, 3.05) is 11.5 Å². The van der Waals surface area contributed by atoms with Crippen molar-refractivity contribution in [3.8, 4) is 17.5 Å². The van der Waals surface area contributed by atoms with Gasteiger partial charge in [-0.25, -0.2) is 4.68 Å². The van der Waals surface area contributed by atoms with Gasteiger partial charge in [-0.05, 0) is 30.3 Å². The van der Waals surface area contributed by atoms with E-state index >= 15 is 0 Å². The third-order valence-electron chi connectivity index (χ3n) is 5.38. The zero-order valence-electron chi connectivity index (χ0n) is 16.6. The van der Waals surface area contributed by atoms with Crippen LogP contribution in [-0.4, -0.2) is 28.3 Å². The van der Waals surface area contributed by atoms with Crippen molar-refractivity contribution in [2.45, 2.75) is 12.6 Å². The van der Waals surface area contributed by atoms with Gasteiger partial charge in [0.1, 0.15) is 24.5 Å². The molecule has 5 rings (SSSR count). The number of aromatic nitrogens is 2. The van der Waals surface area contributed by atoms with E-state index in [0.717, 1.165) is 10.9 Å². The van der Waals surface area contributed by atoms with Crippen molar-refractivity contribution in [3.63, 3.8) is 0 Å². The summed E-state index contributed by atoms with van der Waals surface area (Å²) >= 11 is 0. The lowest BCUT2D eigenvalue weighted by Crippen LogP contribution is -2.45. The number of anilines is 1. The molecule has 0 radical (unpaired) electrons. The van der Waals surface area contributed by atoms with Crippen LogP contribution in [0.3, 0.4) is 0 Å². The fourth-order valence-corrected chi connectivity index (χ4v) is 3.87. The normalized spacial score (nSPS) is 15.8. The number of carbonyl (C=O) groups excluding carboxylic acids is 1. The fourth-order valence-electron chi connectivity index (χ4n) is 3.87. The maximum Gasteiger partial charge on any atom is 0.247 e. The van der Waals surface area contributed by atoms with Crippen LogP contribution in [-0.2, 0) is 11.3 Å². The Bertz CT molecular complexity index is 1340. The lowest BCUT2D eigenvalue weighted by molar-refractivity contribution is -0.120. The van der Waals surface area contributed by atoms with Crippen LogP contribution in [0.1, 0.15) is 11.3 Å². The predicted octanol–water partition coefficient (Wildman–Crippen LogP) is 3.15. The van der Waals surface area contributed by atoms with Gasteiger partial charge in [-0.2, -0.15) is 10.4 Å². The number of fused-ring (bicyclic) bond motifs is 2. The minimum atomic E-state index is -0.764. The Kier molecular flexibility index (Phi) is 4.62. The first-order valence-electron chi connectivity index (χ1n) is 9.92. The van der Waals surface area contributed by atoms with Crippen LogP contribution in [0.15, 0.2) is 72.8 Å². The van der Waals surface area contributed by atoms with Gasteiger partial charge in [0, 0.05) is 5.39 Å². The highest BCUT2D eigenvalue weighted by molar-refractivity contribution is 5.99. The molecule has 0 fully saturated rings. The van der Waals surface area contributed by atoms with Crippen LogP contribution in [0.5, 0.6) is 5.75 Å². The van der Waals surface area contributed by atoms with Gasteiger partial charge in [0.05, 0.1) is 34.7 Å². The molecule has 2 N–H and O–H groups in total. The Morgan fingerprint density at radius 3 is 2.58 bits per heavy atom. The van der Waals surface area contributed by atoms with Gasteiger partial charge >= 0.3 is 0 Å². The molecular formula is C24H19N5O2. The highest BCUT2D eigenvalue weighted by atomic mass is 16.5. The fraction of sp³-hybridized carbons (Fsp3) is 0.125. The zero-order chi connectivity index (χ0) is 21.4. The van der Waals surface area contributed by atoms with E-state index in [-0.39, 0.29) is 19.1 Å². The van der Waals surface area contributed by atoms with Crippen LogP contribution in [0.2, 0.25) is 0 Å². The largest absolute Gasteiger partial charge is 0.489 e. The number of para-hydroxylation sites is 4. The van der Waals surface area contributed by atoms with Crippen LogP contribution in [0.25, 0.3) is 16.6 Å². The van der Waals surface area contributed by atoms with E-state index in [4.69, 9.17) is 15.6 Å². The standard InChI is InChI=1S/C24H19N5O2/c25-13-16-7-1-3-9-20(16)29-21-10-4-2-8-17(21)19(27-29)14-28-22-11-5-6-12-23(22)31-15-18(26)24(28)30/h1-12,18H,14-15,26H2/t18-/m0/s1. The van der Waals surface area contributed by atoms with Crippen LogP contribution < -0.4 is 15.4 Å². The van der Waals surface area contributed by atoms with Crippen molar-refractivity contribution >= 4 is 22.5 Å². The van der Waals surface area contributed by atoms with Gasteiger partial charge in [0.15, 0.2) is 0 Å². The molecule has 0 spiro atoms. The number of carbonyl (C=O) groups is 1. The maximum absolute atomic E-state index is 13.1. The number of hydrogen-bond acceptors (Lipinski definition) is 5. The number of ether oxygens (including phenoxy) is 1. The Balaban J connectivity index is 1.65. The lowest BCUT2D eigenvalue weighted by Gasteiger charge is -2.22. The van der Waals surface area contributed by atoms with Gasteiger partial charge in [-0.15, -0.1) is 0 Å². The molecule has 3 aromatic carbocycles. The van der Waals surface area contributed by atoms with E-state index in [1.165, 1.54) is 0 Å². The van der Waals surface area contributed by atoms with Crippen LogP contribution in [0.4, 0.5) is 5.69 Å². The van der Waals surface area contributed by atoms with E-state index < -0.39 is 6.04 Å². The molecule has 0 saturated heterocycles. The molecule has 0 bridgehead atoms. The first-order valence-corrected chi connectivity index (χ1v) is 9.92. The molecule has 7 nitrogen and oxygen atoms in total. The van der Waals surface area contributed by atoms with Crippen LogP contribution in [0, 0.1) is 11.3 Å². The number of amides is 1. The van der Waals surface area contributed by atoms with Gasteiger partial charge in [-0.1, -0.05) is 42.5 Å². The molecule has 7 heteroatoms. The average Bonchev–Trinajstić information content (AvgIpc) is 3.13. The average molecular weight is 409 g/mol. The predicted molar refractivity (Wildman–Crippen MR) is 117 cm³/mol. The van der Waals surface area contributed by atoms with Crippen molar-refractivity contribution in [2.24, 2.45) is 5.73 Å². The van der Waals surface area contributed by atoms with Crippen molar-refractivity contribution in [3.05, 3.63) is 84.1 Å². The maximum atomic E-state index is 13.1. The molecule has 1 atom stereocenters. The minimum absolute atomic E-state index is 0.122. The summed E-state index contributed by atoms with van der Waals surface area (Å²) in [5.74, 6) is 0.392. The summed E-state index contributed by atoms with van der Waals surface area (Å²) in [4.78, 5) is 14.7. The summed E-state index contributed by atoms with van der Waals surface area (Å²) in [6, 6.07) is 23.9.